The van der Waals surface area contributed by atoms with Crippen LogP contribution in [0.15, 0.2) is 53.6 Å². The van der Waals surface area contributed by atoms with Crippen molar-refractivity contribution in [3.05, 3.63) is 58.7 Å². The summed E-state index contributed by atoms with van der Waals surface area (Å²) in [7, 11) is -3.42. The van der Waals surface area contributed by atoms with Crippen LogP contribution in [0.3, 0.4) is 0 Å². The SMILES string of the molecule is O=S(=O)(CNc1c[nH]c2cc(Cl)cc(Cl)c12)c1ccccc1. The first-order valence-corrected chi connectivity index (χ1v) is 8.86. The maximum atomic E-state index is 12.3. The molecule has 3 rings (SSSR count). The van der Waals surface area contributed by atoms with Gasteiger partial charge in [0.2, 0.25) is 0 Å². The number of nitrogens with one attached hydrogen (secondary N) is 2. The normalized spacial score (nSPS) is 11.7. The summed E-state index contributed by atoms with van der Waals surface area (Å²) >= 11 is 12.1. The molecule has 0 spiro atoms. The lowest BCUT2D eigenvalue weighted by atomic mass is 10.2. The van der Waals surface area contributed by atoms with Gasteiger partial charge in [-0.05, 0) is 24.3 Å². The number of hydrogen-bond acceptors (Lipinski definition) is 3. The molecule has 7 heteroatoms. The highest BCUT2D eigenvalue weighted by Gasteiger charge is 2.15. The lowest BCUT2D eigenvalue weighted by molar-refractivity contribution is 0.598. The number of aromatic nitrogens is 1. The minimum Gasteiger partial charge on any atom is -0.369 e. The molecular formula is C15H12Cl2N2O2S. The molecule has 0 unspecified atom stereocenters. The van der Waals surface area contributed by atoms with Crippen molar-refractivity contribution in [2.75, 3.05) is 11.2 Å². The predicted molar refractivity (Wildman–Crippen MR) is 90.4 cm³/mol. The van der Waals surface area contributed by atoms with E-state index in [4.69, 9.17) is 23.2 Å². The largest absolute Gasteiger partial charge is 0.369 e. The maximum Gasteiger partial charge on any atom is 0.196 e. The van der Waals surface area contributed by atoms with E-state index >= 15 is 0 Å². The van der Waals surface area contributed by atoms with Gasteiger partial charge in [-0.2, -0.15) is 0 Å². The van der Waals surface area contributed by atoms with Crippen molar-refractivity contribution in [3.63, 3.8) is 0 Å². The van der Waals surface area contributed by atoms with Crippen LogP contribution in [-0.2, 0) is 9.84 Å². The van der Waals surface area contributed by atoms with E-state index in [1.807, 2.05) is 0 Å². The molecule has 114 valence electrons. The molecular weight excluding hydrogens is 343 g/mol. The molecule has 2 N–H and O–H groups in total. The minimum absolute atomic E-state index is 0.219. The zero-order valence-corrected chi connectivity index (χ0v) is 13.6. The van der Waals surface area contributed by atoms with Gasteiger partial charge in [-0.15, -0.1) is 0 Å². The first-order chi connectivity index (χ1) is 10.5. The van der Waals surface area contributed by atoms with E-state index in [1.165, 1.54) is 0 Å². The number of rotatable bonds is 4. The van der Waals surface area contributed by atoms with Crippen LogP contribution in [0.2, 0.25) is 10.0 Å². The van der Waals surface area contributed by atoms with Crippen molar-refractivity contribution in [2.45, 2.75) is 4.90 Å². The number of halogens is 2. The molecule has 0 aliphatic carbocycles. The summed E-state index contributed by atoms with van der Waals surface area (Å²) < 4.78 is 24.6. The summed E-state index contributed by atoms with van der Waals surface area (Å²) in [5, 5.41) is 4.61. The number of anilines is 1. The van der Waals surface area contributed by atoms with Gasteiger partial charge in [0, 0.05) is 16.6 Å². The fraction of sp³-hybridized carbons (Fsp3) is 0.0667. The topological polar surface area (TPSA) is 62.0 Å². The molecule has 0 aliphatic heterocycles. The number of aromatic amines is 1. The quantitative estimate of drug-likeness (QED) is 0.733. The van der Waals surface area contributed by atoms with E-state index in [2.05, 4.69) is 10.3 Å². The summed E-state index contributed by atoms with van der Waals surface area (Å²) in [5.41, 5.74) is 1.37. The molecule has 1 aromatic heterocycles. The van der Waals surface area contributed by atoms with Crippen LogP contribution >= 0.6 is 23.2 Å². The van der Waals surface area contributed by atoms with E-state index in [0.717, 1.165) is 5.52 Å². The summed E-state index contributed by atoms with van der Waals surface area (Å²) in [6, 6.07) is 11.7. The van der Waals surface area contributed by atoms with Gasteiger partial charge >= 0.3 is 0 Å². The molecule has 0 amide bonds. The van der Waals surface area contributed by atoms with Crippen molar-refractivity contribution in [3.8, 4) is 0 Å². The second-order valence-corrected chi connectivity index (χ2v) is 7.59. The third-order valence-electron chi connectivity index (χ3n) is 3.25. The van der Waals surface area contributed by atoms with Crippen LogP contribution in [0.4, 0.5) is 5.69 Å². The maximum absolute atomic E-state index is 12.3. The Bertz CT molecular complexity index is 921. The predicted octanol–water partition coefficient (Wildman–Crippen LogP) is 4.32. The van der Waals surface area contributed by atoms with Gasteiger partial charge in [-0.1, -0.05) is 41.4 Å². The zero-order chi connectivity index (χ0) is 15.7. The number of benzene rings is 2. The highest BCUT2D eigenvalue weighted by atomic mass is 35.5. The van der Waals surface area contributed by atoms with Crippen LogP contribution < -0.4 is 5.32 Å². The van der Waals surface area contributed by atoms with Gasteiger partial charge < -0.3 is 10.3 Å². The highest BCUT2D eigenvalue weighted by molar-refractivity contribution is 7.91. The highest BCUT2D eigenvalue weighted by Crippen LogP contribution is 2.33. The van der Waals surface area contributed by atoms with Crippen LogP contribution in [0.25, 0.3) is 10.9 Å². The van der Waals surface area contributed by atoms with Crippen LogP contribution in [-0.4, -0.2) is 19.3 Å². The zero-order valence-electron chi connectivity index (χ0n) is 11.3. The number of fused-ring (bicyclic) bond motifs is 1. The molecule has 0 bridgehead atoms. The van der Waals surface area contributed by atoms with E-state index in [0.29, 0.717) is 21.1 Å². The molecule has 3 aromatic rings. The first-order valence-electron chi connectivity index (χ1n) is 6.45. The van der Waals surface area contributed by atoms with Crippen molar-refractivity contribution in [2.24, 2.45) is 0 Å². The third kappa shape index (κ3) is 2.92. The molecule has 0 radical (unpaired) electrons. The summed E-state index contributed by atoms with van der Waals surface area (Å²) in [6.07, 6.45) is 1.67. The second kappa shape index (κ2) is 5.83. The molecule has 0 saturated heterocycles. The van der Waals surface area contributed by atoms with Gasteiger partial charge in [0.1, 0.15) is 5.88 Å². The summed E-state index contributed by atoms with van der Waals surface area (Å²) in [5.74, 6) is -0.219. The lowest BCUT2D eigenvalue weighted by Crippen LogP contribution is -2.14. The van der Waals surface area contributed by atoms with Crippen molar-refractivity contribution in [1.29, 1.82) is 0 Å². The Balaban J connectivity index is 1.89. The Labute approximate surface area is 138 Å². The van der Waals surface area contributed by atoms with Crippen LogP contribution in [0.1, 0.15) is 0 Å². The molecule has 4 nitrogen and oxygen atoms in total. The van der Waals surface area contributed by atoms with Gasteiger partial charge in [0.15, 0.2) is 9.84 Å². The van der Waals surface area contributed by atoms with Crippen molar-refractivity contribution in [1.82, 2.24) is 4.98 Å². The van der Waals surface area contributed by atoms with Crippen LogP contribution in [0.5, 0.6) is 0 Å². The lowest BCUT2D eigenvalue weighted by Gasteiger charge is -2.07. The Morgan fingerprint density at radius 3 is 2.55 bits per heavy atom. The molecule has 0 fully saturated rings. The van der Waals surface area contributed by atoms with Gasteiger partial charge in [-0.3, -0.25) is 0 Å². The molecule has 2 aromatic carbocycles. The third-order valence-corrected chi connectivity index (χ3v) is 5.28. The smallest absolute Gasteiger partial charge is 0.196 e. The Kier molecular flexibility index (Phi) is 4.04. The summed E-state index contributed by atoms with van der Waals surface area (Å²) in [4.78, 5) is 3.29. The average molecular weight is 355 g/mol. The first kappa shape index (κ1) is 15.2. The van der Waals surface area contributed by atoms with Gasteiger partial charge in [0.25, 0.3) is 0 Å². The van der Waals surface area contributed by atoms with Crippen molar-refractivity contribution < 1.29 is 8.42 Å². The minimum atomic E-state index is -3.42. The van der Waals surface area contributed by atoms with Gasteiger partial charge in [-0.25, -0.2) is 8.42 Å². The van der Waals surface area contributed by atoms with E-state index in [-0.39, 0.29) is 10.8 Å². The number of sulfone groups is 1. The van der Waals surface area contributed by atoms with E-state index in [9.17, 15) is 8.42 Å². The van der Waals surface area contributed by atoms with Crippen molar-refractivity contribution >= 4 is 49.6 Å². The van der Waals surface area contributed by atoms with E-state index < -0.39 is 9.84 Å². The molecule has 0 aliphatic rings. The van der Waals surface area contributed by atoms with E-state index in [1.54, 1.807) is 48.7 Å². The monoisotopic (exact) mass is 354 g/mol. The molecule has 0 saturated carbocycles. The molecule has 22 heavy (non-hydrogen) atoms. The number of H-pyrrole nitrogens is 1. The Morgan fingerprint density at radius 2 is 1.82 bits per heavy atom. The fourth-order valence-corrected chi connectivity index (χ4v) is 3.89. The fourth-order valence-electron chi connectivity index (χ4n) is 2.21. The Morgan fingerprint density at radius 1 is 1.09 bits per heavy atom. The standard InChI is InChI=1S/C15H12Cl2N2O2S/c16-10-6-12(17)15-13(7-10)18-8-14(15)19-9-22(20,21)11-4-2-1-3-5-11/h1-8,18-19H,9H2. The second-order valence-electron chi connectivity index (χ2n) is 4.76. The van der Waals surface area contributed by atoms with Crippen LogP contribution in [0, 0.1) is 0 Å². The Hall–Kier alpha value is -1.69. The molecule has 1 heterocycles. The average Bonchev–Trinajstić information content (AvgIpc) is 2.89. The van der Waals surface area contributed by atoms with Gasteiger partial charge in [0.05, 0.1) is 21.1 Å². The molecule has 0 atom stereocenters. The number of hydrogen-bond donors (Lipinski definition) is 2. The summed E-state index contributed by atoms with van der Waals surface area (Å²) in [6.45, 7) is 0.